The lowest BCUT2D eigenvalue weighted by Gasteiger charge is -2.10. The monoisotopic (exact) mass is 258 g/mol. The Bertz CT molecular complexity index is 431. The molecule has 1 saturated carbocycles. The zero-order valence-corrected chi connectivity index (χ0v) is 9.72. The molecule has 1 aromatic carbocycles. The van der Waals surface area contributed by atoms with Crippen LogP contribution < -0.4 is 0 Å². The van der Waals surface area contributed by atoms with Crippen molar-refractivity contribution in [3.8, 4) is 0 Å². The van der Waals surface area contributed by atoms with E-state index in [-0.39, 0.29) is 12.2 Å². The molecule has 1 fully saturated rings. The van der Waals surface area contributed by atoms with Gasteiger partial charge in [-0.3, -0.25) is 0 Å². The molecule has 0 saturated heterocycles. The van der Waals surface area contributed by atoms with Crippen LogP contribution in [0.2, 0.25) is 0 Å². The van der Waals surface area contributed by atoms with Gasteiger partial charge >= 0.3 is 5.97 Å². The molecule has 0 N–H and O–H groups in total. The smallest absolute Gasteiger partial charge is 0.338 e. The van der Waals surface area contributed by atoms with Gasteiger partial charge in [-0.05, 0) is 30.9 Å². The van der Waals surface area contributed by atoms with Gasteiger partial charge < -0.3 is 4.74 Å². The van der Waals surface area contributed by atoms with Crippen LogP contribution in [0.4, 0.5) is 13.2 Å². The van der Waals surface area contributed by atoms with Gasteiger partial charge in [0.15, 0.2) is 17.5 Å². The van der Waals surface area contributed by atoms with Gasteiger partial charge in [0.1, 0.15) is 0 Å². The van der Waals surface area contributed by atoms with E-state index in [9.17, 15) is 18.0 Å². The highest BCUT2D eigenvalue weighted by Crippen LogP contribution is 2.25. The van der Waals surface area contributed by atoms with Gasteiger partial charge in [0.25, 0.3) is 0 Å². The van der Waals surface area contributed by atoms with Gasteiger partial charge in [-0.2, -0.15) is 0 Å². The number of hydrogen-bond acceptors (Lipinski definition) is 2. The fraction of sp³-hybridized carbons (Fsp3) is 0.462. The summed E-state index contributed by atoms with van der Waals surface area (Å²) in [6, 6.07) is 1.30. The quantitative estimate of drug-likeness (QED) is 0.613. The van der Waals surface area contributed by atoms with Crippen molar-refractivity contribution in [2.45, 2.75) is 25.7 Å². The lowest BCUT2D eigenvalue weighted by molar-refractivity contribution is 0.0441. The Hall–Kier alpha value is -1.52. The minimum Gasteiger partial charge on any atom is -0.462 e. The molecule has 0 atom stereocenters. The molecule has 2 rings (SSSR count). The highest BCUT2D eigenvalue weighted by atomic mass is 19.2. The van der Waals surface area contributed by atoms with E-state index in [1.54, 1.807) is 0 Å². The predicted octanol–water partition coefficient (Wildman–Crippen LogP) is 3.45. The van der Waals surface area contributed by atoms with Gasteiger partial charge in [0, 0.05) is 0 Å². The molecule has 0 unspecified atom stereocenters. The first-order chi connectivity index (χ1) is 8.58. The van der Waals surface area contributed by atoms with E-state index in [0.29, 0.717) is 18.1 Å². The molecule has 98 valence electrons. The molecular formula is C13H13F3O2. The summed E-state index contributed by atoms with van der Waals surface area (Å²) in [4.78, 5) is 11.5. The third-order valence-corrected chi connectivity index (χ3v) is 3.14. The molecule has 0 radical (unpaired) electrons. The Balaban J connectivity index is 2.00. The van der Waals surface area contributed by atoms with Crippen molar-refractivity contribution in [3.63, 3.8) is 0 Å². The van der Waals surface area contributed by atoms with Crippen molar-refractivity contribution in [1.82, 2.24) is 0 Å². The molecular weight excluding hydrogens is 245 g/mol. The number of carbonyl (C=O) groups excluding carboxylic acids is 1. The van der Waals surface area contributed by atoms with E-state index in [0.717, 1.165) is 25.7 Å². The van der Waals surface area contributed by atoms with E-state index >= 15 is 0 Å². The number of halogens is 3. The first-order valence-corrected chi connectivity index (χ1v) is 5.89. The van der Waals surface area contributed by atoms with Crippen LogP contribution in [0.5, 0.6) is 0 Å². The SMILES string of the molecule is O=C(OCC1CCCC1)c1cc(F)c(F)c(F)c1. The fourth-order valence-electron chi connectivity index (χ4n) is 2.13. The highest BCUT2D eigenvalue weighted by molar-refractivity contribution is 5.89. The van der Waals surface area contributed by atoms with Crippen molar-refractivity contribution in [2.24, 2.45) is 5.92 Å². The van der Waals surface area contributed by atoms with Gasteiger partial charge in [0.05, 0.1) is 12.2 Å². The summed E-state index contributed by atoms with van der Waals surface area (Å²) in [6.45, 7) is 0.249. The molecule has 2 nitrogen and oxygen atoms in total. The summed E-state index contributed by atoms with van der Waals surface area (Å²) in [5.41, 5.74) is -0.301. The molecule has 0 aliphatic heterocycles. The zero-order valence-electron chi connectivity index (χ0n) is 9.72. The number of ether oxygens (including phenoxy) is 1. The van der Waals surface area contributed by atoms with Crippen LogP contribution in [0.15, 0.2) is 12.1 Å². The normalized spacial score (nSPS) is 15.9. The van der Waals surface area contributed by atoms with E-state index in [1.807, 2.05) is 0 Å². The summed E-state index contributed by atoms with van der Waals surface area (Å²) in [7, 11) is 0. The number of rotatable bonds is 3. The molecule has 0 aromatic heterocycles. The Morgan fingerprint density at radius 3 is 2.28 bits per heavy atom. The number of benzene rings is 1. The number of esters is 1. The zero-order chi connectivity index (χ0) is 13.1. The second-order valence-corrected chi connectivity index (χ2v) is 4.50. The Kier molecular flexibility index (Phi) is 3.89. The van der Waals surface area contributed by atoms with Gasteiger partial charge in [0.2, 0.25) is 0 Å². The van der Waals surface area contributed by atoms with Crippen molar-refractivity contribution in [2.75, 3.05) is 6.61 Å². The summed E-state index contributed by atoms with van der Waals surface area (Å²) in [6.07, 6.45) is 4.23. The topological polar surface area (TPSA) is 26.3 Å². The second kappa shape index (κ2) is 5.42. The van der Waals surface area contributed by atoms with Crippen molar-refractivity contribution in [1.29, 1.82) is 0 Å². The van der Waals surface area contributed by atoms with Gasteiger partial charge in [-0.25, -0.2) is 18.0 Å². The first kappa shape index (κ1) is 12.9. The van der Waals surface area contributed by atoms with Crippen LogP contribution in [0, 0.1) is 23.4 Å². The van der Waals surface area contributed by atoms with Gasteiger partial charge in [-0.15, -0.1) is 0 Å². The van der Waals surface area contributed by atoms with E-state index in [4.69, 9.17) is 4.74 Å². The first-order valence-electron chi connectivity index (χ1n) is 5.89. The number of hydrogen-bond donors (Lipinski definition) is 0. The largest absolute Gasteiger partial charge is 0.462 e. The molecule has 0 bridgehead atoms. The van der Waals surface area contributed by atoms with Crippen LogP contribution >= 0.6 is 0 Å². The fourth-order valence-corrected chi connectivity index (χ4v) is 2.13. The average Bonchev–Trinajstić information content (AvgIpc) is 2.85. The standard InChI is InChI=1S/C13H13F3O2/c14-10-5-9(6-11(15)12(10)16)13(17)18-7-8-3-1-2-4-8/h5-6,8H,1-4,7H2. The summed E-state index contributed by atoms with van der Waals surface area (Å²) >= 11 is 0. The summed E-state index contributed by atoms with van der Waals surface area (Å²) in [5.74, 6) is -4.85. The average molecular weight is 258 g/mol. The maximum absolute atomic E-state index is 12.9. The molecule has 1 aliphatic carbocycles. The van der Waals surface area contributed by atoms with E-state index < -0.39 is 23.4 Å². The van der Waals surface area contributed by atoms with Crippen LogP contribution in [0.3, 0.4) is 0 Å². The molecule has 0 spiro atoms. The van der Waals surface area contributed by atoms with Gasteiger partial charge in [-0.1, -0.05) is 12.8 Å². The molecule has 0 heterocycles. The molecule has 1 aromatic rings. The predicted molar refractivity (Wildman–Crippen MR) is 58.6 cm³/mol. The minimum atomic E-state index is -1.58. The van der Waals surface area contributed by atoms with Crippen molar-refractivity contribution >= 4 is 5.97 Å². The molecule has 5 heteroatoms. The number of carbonyl (C=O) groups is 1. The third-order valence-electron chi connectivity index (χ3n) is 3.14. The maximum atomic E-state index is 12.9. The third kappa shape index (κ3) is 2.83. The molecule has 1 aliphatic rings. The lowest BCUT2D eigenvalue weighted by Crippen LogP contribution is -2.13. The Labute approximate surface area is 103 Å². The van der Waals surface area contributed by atoms with Crippen LogP contribution in [0.1, 0.15) is 36.0 Å². The van der Waals surface area contributed by atoms with E-state index in [1.165, 1.54) is 0 Å². The van der Waals surface area contributed by atoms with E-state index in [2.05, 4.69) is 0 Å². The van der Waals surface area contributed by atoms with Crippen LogP contribution in [0.25, 0.3) is 0 Å². The van der Waals surface area contributed by atoms with Crippen LogP contribution in [-0.4, -0.2) is 12.6 Å². The Morgan fingerprint density at radius 1 is 1.17 bits per heavy atom. The second-order valence-electron chi connectivity index (χ2n) is 4.50. The molecule has 0 amide bonds. The highest BCUT2D eigenvalue weighted by Gasteiger charge is 2.19. The van der Waals surface area contributed by atoms with Crippen molar-refractivity contribution < 1.29 is 22.7 Å². The minimum absolute atomic E-state index is 0.249. The molecule has 18 heavy (non-hydrogen) atoms. The Morgan fingerprint density at radius 2 is 1.72 bits per heavy atom. The summed E-state index contributed by atoms with van der Waals surface area (Å²) in [5, 5.41) is 0. The lowest BCUT2D eigenvalue weighted by atomic mass is 10.1. The van der Waals surface area contributed by atoms with Crippen LogP contribution in [-0.2, 0) is 4.74 Å². The van der Waals surface area contributed by atoms with Crippen molar-refractivity contribution in [3.05, 3.63) is 35.1 Å². The summed E-state index contributed by atoms with van der Waals surface area (Å²) < 4.78 is 43.5. The maximum Gasteiger partial charge on any atom is 0.338 e.